The molecule has 2 aromatic carbocycles. The van der Waals surface area contributed by atoms with Crippen LogP contribution in [0.1, 0.15) is 18.4 Å². The number of rotatable bonds is 4. The average Bonchev–Trinajstić information content (AvgIpc) is 2.52. The molecule has 1 amide bonds. The van der Waals surface area contributed by atoms with Gasteiger partial charge >= 0.3 is 0 Å². The second-order valence-electron chi connectivity index (χ2n) is 4.53. The fraction of sp³-hybridized carbons (Fsp3) is 0.176. The Morgan fingerprint density at radius 1 is 1.19 bits per heavy atom. The Morgan fingerprint density at radius 2 is 1.81 bits per heavy atom. The van der Waals surface area contributed by atoms with Gasteiger partial charge in [-0.3, -0.25) is 4.79 Å². The molecule has 0 aliphatic carbocycles. The lowest BCUT2D eigenvalue weighted by atomic mass is 9.99. The molecule has 1 unspecified atom stereocenters. The molecule has 4 heteroatoms. The number of amides is 1. The average molecular weight is 282 g/mol. The van der Waals surface area contributed by atoms with Gasteiger partial charge in [-0.25, -0.2) is 4.39 Å². The number of carbonyl (C=O) groups is 1. The zero-order chi connectivity index (χ0) is 15.2. The van der Waals surface area contributed by atoms with Crippen LogP contribution in [0.15, 0.2) is 54.6 Å². The van der Waals surface area contributed by atoms with E-state index in [1.165, 1.54) is 29.2 Å². The maximum atomic E-state index is 13.0. The van der Waals surface area contributed by atoms with Crippen LogP contribution in [0, 0.1) is 17.1 Å². The monoisotopic (exact) mass is 282 g/mol. The number of likely N-dealkylation sites (N-methyl/N-ethyl adjacent to an activating group) is 1. The van der Waals surface area contributed by atoms with Gasteiger partial charge in [-0.1, -0.05) is 30.3 Å². The molecular weight excluding hydrogens is 267 g/mol. The fourth-order valence-corrected chi connectivity index (χ4v) is 2.16. The largest absolute Gasteiger partial charge is 0.311 e. The first-order chi connectivity index (χ1) is 10.2. The van der Waals surface area contributed by atoms with Crippen LogP contribution in [0.5, 0.6) is 0 Å². The Labute approximate surface area is 123 Å². The van der Waals surface area contributed by atoms with Crippen molar-refractivity contribution >= 4 is 11.6 Å². The standard InChI is InChI=1S/C17H15FN2O/c1-2-20(15-10-8-14(18)9-11-15)17(21)16(12-19)13-6-4-3-5-7-13/h3-11,16H,2H2,1H3. The van der Waals surface area contributed by atoms with Crippen molar-refractivity contribution in [1.29, 1.82) is 5.26 Å². The zero-order valence-electron chi connectivity index (χ0n) is 11.7. The summed E-state index contributed by atoms with van der Waals surface area (Å²) in [5, 5.41) is 9.33. The molecule has 0 aliphatic heterocycles. The highest BCUT2D eigenvalue weighted by Crippen LogP contribution is 2.22. The molecule has 0 fully saturated rings. The highest BCUT2D eigenvalue weighted by molar-refractivity contribution is 5.99. The Bertz CT molecular complexity index is 647. The molecule has 106 valence electrons. The molecule has 0 bridgehead atoms. The molecule has 0 spiro atoms. The highest BCUT2D eigenvalue weighted by Gasteiger charge is 2.25. The van der Waals surface area contributed by atoms with Gasteiger partial charge in [-0.05, 0) is 36.8 Å². The third-order valence-corrected chi connectivity index (χ3v) is 3.23. The second kappa shape index (κ2) is 6.67. The summed E-state index contributed by atoms with van der Waals surface area (Å²) in [4.78, 5) is 14.1. The minimum Gasteiger partial charge on any atom is -0.311 e. The first-order valence-electron chi connectivity index (χ1n) is 6.69. The van der Waals surface area contributed by atoms with Crippen LogP contribution in [0.2, 0.25) is 0 Å². The summed E-state index contributed by atoms with van der Waals surface area (Å²) < 4.78 is 13.0. The van der Waals surface area contributed by atoms with Crippen LogP contribution >= 0.6 is 0 Å². The van der Waals surface area contributed by atoms with E-state index in [-0.39, 0.29) is 11.7 Å². The van der Waals surface area contributed by atoms with E-state index in [9.17, 15) is 14.4 Å². The van der Waals surface area contributed by atoms with Gasteiger partial charge in [0.15, 0.2) is 5.92 Å². The fourth-order valence-electron chi connectivity index (χ4n) is 2.16. The quantitative estimate of drug-likeness (QED) is 0.861. The third-order valence-electron chi connectivity index (χ3n) is 3.23. The molecule has 3 nitrogen and oxygen atoms in total. The number of carbonyl (C=O) groups excluding carboxylic acids is 1. The molecular formula is C17H15FN2O. The summed E-state index contributed by atoms with van der Waals surface area (Å²) in [6.07, 6.45) is 0. The predicted octanol–water partition coefficient (Wildman–Crippen LogP) is 3.49. The van der Waals surface area contributed by atoms with E-state index >= 15 is 0 Å². The normalized spacial score (nSPS) is 11.5. The first-order valence-corrected chi connectivity index (χ1v) is 6.69. The van der Waals surface area contributed by atoms with Crippen LogP contribution in [0.3, 0.4) is 0 Å². The summed E-state index contributed by atoms with van der Waals surface area (Å²) in [7, 11) is 0. The molecule has 0 heterocycles. The van der Waals surface area contributed by atoms with Crippen LogP contribution < -0.4 is 4.90 Å². The van der Waals surface area contributed by atoms with Crippen molar-refractivity contribution in [3.05, 3.63) is 66.0 Å². The van der Waals surface area contributed by atoms with Crippen molar-refractivity contribution in [3.63, 3.8) is 0 Å². The summed E-state index contributed by atoms with van der Waals surface area (Å²) in [6.45, 7) is 2.23. The van der Waals surface area contributed by atoms with Gasteiger partial charge in [-0.15, -0.1) is 0 Å². The molecule has 0 N–H and O–H groups in total. The van der Waals surface area contributed by atoms with Gasteiger partial charge in [-0.2, -0.15) is 5.26 Å². The van der Waals surface area contributed by atoms with Crippen LogP contribution in [0.4, 0.5) is 10.1 Å². The van der Waals surface area contributed by atoms with E-state index in [4.69, 9.17) is 0 Å². The van der Waals surface area contributed by atoms with E-state index in [0.29, 0.717) is 17.8 Å². The SMILES string of the molecule is CCN(C(=O)C(C#N)c1ccccc1)c1ccc(F)cc1. The summed E-state index contributed by atoms with van der Waals surface area (Å²) >= 11 is 0. The summed E-state index contributed by atoms with van der Waals surface area (Å²) in [5.41, 5.74) is 1.24. The summed E-state index contributed by atoms with van der Waals surface area (Å²) in [5.74, 6) is -1.53. The number of nitrogens with zero attached hydrogens (tertiary/aromatic N) is 2. The van der Waals surface area contributed by atoms with Crippen molar-refractivity contribution in [2.45, 2.75) is 12.8 Å². The van der Waals surface area contributed by atoms with Gasteiger partial charge in [0.05, 0.1) is 6.07 Å². The molecule has 21 heavy (non-hydrogen) atoms. The summed E-state index contributed by atoms with van der Waals surface area (Å²) in [6, 6.07) is 16.7. The minimum absolute atomic E-state index is 0.308. The number of nitriles is 1. The minimum atomic E-state index is -0.865. The Kier molecular flexibility index (Phi) is 4.68. The van der Waals surface area contributed by atoms with Crippen molar-refractivity contribution in [2.75, 3.05) is 11.4 Å². The van der Waals surface area contributed by atoms with Gasteiger partial charge < -0.3 is 4.90 Å². The molecule has 0 saturated carbocycles. The maximum Gasteiger partial charge on any atom is 0.248 e. The van der Waals surface area contributed by atoms with Crippen molar-refractivity contribution in [1.82, 2.24) is 0 Å². The van der Waals surface area contributed by atoms with Crippen molar-refractivity contribution in [2.24, 2.45) is 0 Å². The van der Waals surface area contributed by atoms with Crippen LogP contribution in [-0.2, 0) is 4.79 Å². The van der Waals surface area contributed by atoms with Gasteiger partial charge in [0.1, 0.15) is 5.82 Å². The highest BCUT2D eigenvalue weighted by atomic mass is 19.1. The van der Waals surface area contributed by atoms with E-state index in [0.717, 1.165) is 0 Å². The molecule has 0 radical (unpaired) electrons. The van der Waals surface area contributed by atoms with Gasteiger partial charge in [0.2, 0.25) is 5.91 Å². The number of anilines is 1. The maximum absolute atomic E-state index is 13.0. The van der Waals surface area contributed by atoms with E-state index in [1.807, 2.05) is 19.1 Å². The Balaban J connectivity index is 2.31. The molecule has 2 aromatic rings. The van der Waals surface area contributed by atoms with Crippen molar-refractivity contribution < 1.29 is 9.18 Å². The molecule has 0 saturated heterocycles. The Morgan fingerprint density at radius 3 is 2.33 bits per heavy atom. The molecule has 0 aromatic heterocycles. The number of hydrogen-bond acceptors (Lipinski definition) is 2. The molecule has 0 aliphatic rings. The van der Waals surface area contributed by atoms with Crippen LogP contribution in [-0.4, -0.2) is 12.5 Å². The molecule has 2 rings (SSSR count). The molecule has 1 atom stereocenters. The second-order valence-corrected chi connectivity index (χ2v) is 4.53. The number of halogens is 1. The topological polar surface area (TPSA) is 44.1 Å². The lowest BCUT2D eigenvalue weighted by Crippen LogP contribution is -2.34. The number of benzene rings is 2. The van der Waals surface area contributed by atoms with E-state index in [2.05, 4.69) is 0 Å². The van der Waals surface area contributed by atoms with Gasteiger partial charge in [0, 0.05) is 12.2 Å². The lowest BCUT2D eigenvalue weighted by molar-refractivity contribution is -0.118. The van der Waals surface area contributed by atoms with E-state index in [1.54, 1.807) is 24.3 Å². The Hall–Kier alpha value is -2.67. The van der Waals surface area contributed by atoms with E-state index < -0.39 is 5.92 Å². The van der Waals surface area contributed by atoms with Crippen LogP contribution in [0.25, 0.3) is 0 Å². The first kappa shape index (κ1) is 14.7. The zero-order valence-corrected chi connectivity index (χ0v) is 11.7. The van der Waals surface area contributed by atoms with Crippen molar-refractivity contribution in [3.8, 4) is 6.07 Å². The predicted molar refractivity (Wildman–Crippen MR) is 79.2 cm³/mol. The third kappa shape index (κ3) is 3.26. The lowest BCUT2D eigenvalue weighted by Gasteiger charge is -2.23. The smallest absolute Gasteiger partial charge is 0.248 e. The van der Waals surface area contributed by atoms with Gasteiger partial charge in [0.25, 0.3) is 0 Å². The number of hydrogen-bond donors (Lipinski definition) is 0.